The molecule has 23 heavy (non-hydrogen) atoms. The standard InChI is InChI=1S/C15H19N3O4S/c1-10-15(11(2)18(3)16-10)23(19,20)17-12-5-6-13-14(9-12)22-8-4-7-21-13/h5-6,9,17H,4,7-8H2,1-3H3. The monoisotopic (exact) mass is 337 g/mol. The Labute approximate surface area is 135 Å². The maximum absolute atomic E-state index is 12.7. The van der Waals surface area contributed by atoms with Gasteiger partial charge in [0.2, 0.25) is 0 Å². The SMILES string of the molecule is Cc1nn(C)c(C)c1S(=O)(=O)Nc1ccc2c(c1)OCCCO2. The van der Waals surface area contributed by atoms with Crippen LogP contribution in [0, 0.1) is 13.8 Å². The van der Waals surface area contributed by atoms with Gasteiger partial charge < -0.3 is 9.47 Å². The van der Waals surface area contributed by atoms with Gasteiger partial charge in [-0.25, -0.2) is 8.42 Å². The predicted molar refractivity (Wildman–Crippen MR) is 85.5 cm³/mol. The summed E-state index contributed by atoms with van der Waals surface area (Å²) in [5, 5.41) is 4.15. The number of anilines is 1. The van der Waals surface area contributed by atoms with Gasteiger partial charge in [0.15, 0.2) is 11.5 Å². The van der Waals surface area contributed by atoms with Crippen molar-refractivity contribution >= 4 is 15.7 Å². The second kappa shape index (κ2) is 5.77. The Morgan fingerprint density at radius 2 is 1.87 bits per heavy atom. The minimum atomic E-state index is -3.72. The van der Waals surface area contributed by atoms with E-state index >= 15 is 0 Å². The number of aryl methyl sites for hydroxylation is 2. The highest BCUT2D eigenvalue weighted by atomic mass is 32.2. The van der Waals surface area contributed by atoms with E-state index in [-0.39, 0.29) is 4.90 Å². The lowest BCUT2D eigenvalue weighted by Crippen LogP contribution is -2.15. The van der Waals surface area contributed by atoms with E-state index in [0.29, 0.717) is 41.8 Å². The first-order valence-corrected chi connectivity index (χ1v) is 8.79. The Morgan fingerprint density at radius 3 is 2.52 bits per heavy atom. The van der Waals surface area contributed by atoms with E-state index in [1.54, 1.807) is 43.8 Å². The number of nitrogens with zero attached hydrogens (tertiary/aromatic N) is 2. The molecule has 0 radical (unpaired) electrons. The molecule has 0 bridgehead atoms. The van der Waals surface area contributed by atoms with Gasteiger partial charge in [0, 0.05) is 19.5 Å². The molecule has 8 heteroatoms. The topological polar surface area (TPSA) is 82.5 Å². The number of ether oxygens (including phenoxy) is 2. The van der Waals surface area contributed by atoms with Crippen LogP contribution in [-0.2, 0) is 17.1 Å². The highest BCUT2D eigenvalue weighted by molar-refractivity contribution is 7.92. The Kier molecular flexibility index (Phi) is 3.93. The molecule has 124 valence electrons. The van der Waals surface area contributed by atoms with Gasteiger partial charge in [0.25, 0.3) is 10.0 Å². The molecule has 1 aromatic carbocycles. The van der Waals surface area contributed by atoms with Crippen LogP contribution in [0.2, 0.25) is 0 Å². The van der Waals surface area contributed by atoms with Gasteiger partial charge in [-0.15, -0.1) is 0 Å². The fraction of sp³-hybridized carbons (Fsp3) is 0.400. The summed E-state index contributed by atoms with van der Waals surface area (Å²) in [7, 11) is -2.00. The lowest BCUT2D eigenvalue weighted by Gasteiger charge is -2.12. The van der Waals surface area contributed by atoms with E-state index in [4.69, 9.17) is 9.47 Å². The van der Waals surface area contributed by atoms with Gasteiger partial charge in [-0.2, -0.15) is 5.10 Å². The molecule has 0 saturated heterocycles. The predicted octanol–water partition coefficient (Wildman–Crippen LogP) is 2.00. The number of aromatic nitrogens is 2. The summed E-state index contributed by atoms with van der Waals surface area (Å²) >= 11 is 0. The average Bonchev–Trinajstić information content (AvgIpc) is 2.66. The second-order valence-electron chi connectivity index (χ2n) is 5.44. The maximum Gasteiger partial charge on any atom is 0.265 e. The number of rotatable bonds is 3. The summed E-state index contributed by atoms with van der Waals surface area (Å²) in [6.07, 6.45) is 0.795. The summed E-state index contributed by atoms with van der Waals surface area (Å²) in [4.78, 5) is 0.201. The van der Waals surface area contributed by atoms with Crippen molar-refractivity contribution in [3.8, 4) is 11.5 Å². The molecule has 0 unspecified atom stereocenters. The van der Waals surface area contributed by atoms with E-state index < -0.39 is 10.0 Å². The molecule has 1 aliphatic heterocycles. The second-order valence-corrected chi connectivity index (χ2v) is 7.06. The molecule has 0 atom stereocenters. The minimum Gasteiger partial charge on any atom is -0.490 e. The molecule has 0 aliphatic carbocycles. The summed E-state index contributed by atoms with van der Waals surface area (Å²) < 4.78 is 40.6. The first-order valence-electron chi connectivity index (χ1n) is 7.31. The van der Waals surface area contributed by atoms with Gasteiger partial charge in [0.1, 0.15) is 4.90 Å². The Bertz CT molecular complexity index is 843. The first kappa shape index (κ1) is 15.7. The molecule has 2 heterocycles. The number of sulfonamides is 1. The molecular weight excluding hydrogens is 318 g/mol. The molecule has 7 nitrogen and oxygen atoms in total. The molecule has 1 aromatic heterocycles. The number of benzene rings is 1. The van der Waals surface area contributed by atoms with Crippen LogP contribution in [0.25, 0.3) is 0 Å². The fourth-order valence-electron chi connectivity index (χ4n) is 2.58. The van der Waals surface area contributed by atoms with Crippen molar-refractivity contribution in [2.75, 3.05) is 17.9 Å². The maximum atomic E-state index is 12.7. The highest BCUT2D eigenvalue weighted by Gasteiger charge is 2.24. The third-order valence-electron chi connectivity index (χ3n) is 3.71. The van der Waals surface area contributed by atoms with Crippen LogP contribution in [0.15, 0.2) is 23.1 Å². The lowest BCUT2D eigenvalue weighted by atomic mass is 10.3. The number of nitrogens with one attached hydrogen (secondary N) is 1. The van der Waals surface area contributed by atoms with E-state index in [9.17, 15) is 8.42 Å². The normalized spacial score (nSPS) is 14.4. The van der Waals surface area contributed by atoms with Gasteiger partial charge in [-0.3, -0.25) is 9.40 Å². The van der Waals surface area contributed by atoms with Gasteiger partial charge in [-0.05, 0) is 26.0 Å². The third kappa shape index (κ3) is 2.98. The van der Waals surface area contributed by atoms with Crippen LogP contribution in [0.3, 0.4) is 0 Å². The third-order valence-corrected chi connectivity index (χ3v) is 5.34. The zero-order valence-electron chi connectivity index (χ0n) is 13.3. The number of hydrogen-bond acceptors (Lipinski definition) is 5. The molecule has 1 aliphatic rings. The van der Waals surface area contributed by atoms with Crippen LogP contribution < -0.4 is 14.2 Å². The van der Waals surface area contributed by atoms with Gasteiger partial charge in [0.05, 0.1) is 30.3 Å². The minimum absolute atomic E-state index is 0.201. The number of hydrogen-bond donors (Lipinski definition) is 1. The summed E-state index contributed by atoms with van der Waals surface area (Å²) in [6, 6.07) is 5.01. The molecule has 2 aromatic rings. The molecule has 0 saturated carbocycles. The van der Waals surface area contributed by atoms with Crippen LogP contribution in [0.5, 0.6) is 11.5 Å². The van der Waals surface area contributed by atoms with Gasteiger partial charge >= 0.3 is 0 Å². The van der Waals surface area contributed by atoms with Crippen molar-refractivity contribution in [3.63, 3.8) is 0 Å². The summed E-state index contributed by atoms with van der Waals surface area (Å²) in [5.41, 5.74) is 1.48. The van der Waals surface area contributed by atoms with Crippen LogP contribution in [0.1, 0.15) is 17.8 Å². The van der Waals surface area contributed by atoms with E-state index in [0.717, 1.165) is 6.42 Å². The summed E-state index contributed by atoms with van der Waals surface area (Å²) in [6.45, 7) is 4.54. The van der Waals surface area contributed by atoms with Crippen molar-refractivity contribution in [3.05, 3.63) is 29.6 Å². The van der Waals surface area contributed by atoms with Crippen LogP contribution in [0.4, 0.5) is 5.69 Å². The van der Waals surface area contributed by atoms with E-state index in [1.165, 1.54) is 0 Å². The van der Waals surface area contributed by atoms with E-state index in [1.807, 2.05) is 0 Å². The zero-order chi connectivity index (χ0) is 16.6. The quantitative estimate of drug-likeness (QED) is 0.926. The van der Waals surface area contributed by atoms with Crippen LogP contribution in [-0.4, -0.2) is 31.4 Å². The smallest absolute Gasteiger partial charge is 0.265 e. The van der Waals surface area contributed by atoms with Crippen molar-refractivity contribution in [2.45, 2.75) is 25.2 Å². The molecular formula is C15H19N3O4S. The van der Waals surface area contributed by atoms with Crippen molar-refractivity contribution < 1.29 is 17.9 Å². The largest absolute Gasteiger partial charge is 0.490 e. The zero-order valence-corrected chi connectivity index (χ0v) is 14.1. The molecule has 1 N–H and O–H groups in total. The lowest BCUT2D eigenvalue weighted by molar-refractivity contribution is 0.297. The molecule has 0 amide bonds. The van der Waals surface area contributed by atoms with Crippen molar-refractivity contribution in [1.29, 1.82) is 0 Å². The summed E-state index contributed by atoms with van der Waals surface area (Å²) in [5.74, 6) is 1.17. The average molecular weight is 337 g/mol. The first-order chi connectivity index (χ1) is 10.9. The van der Waals surface area contributed by atoms with Crippen LogP contribution >= 0.6 is 0 Å². The fourth-order valence-corrected chi connectivity index (χ4v) is 4.07. The van der Waals surface area contributed by atoms with Gasteiger partial charge in [-0.1, -0.05) is 0 Å². The highest BCUT2D eigenvalue weighted by Crippen LogP contribution is 2.33. The Morgan fingerprint density at radius 1 is 1.17 bits per heavy atom. The Hall–Kier alpha value is -2.22. The molecule has 3 rings (SSSR count). The Balaban J connectivity index is 1.93. The number of fused-ring (bicyclic) bond motifs is 1. The van der Waals surface area contributed by atoms with Crippen molar-refractivity contribution in [2.24, 2.45) is 7.05 Å². The van der Waals surface area contributed by atoms with E-state index in [2.05, 4.69) is 9.82 Å². The molecule has 0 fully saturated rings. The van der Waals surface area contributed by atoms with Crippen molar-refractivity contribution in [1.82, 2.24) is 9.78 Å². The molecule has 0 spiro atoms.